The van der Waals surface area contributed by atoms with Crippen molar-refractivity contribution in [2.24, 2.45) is 4.99 Å². The van der Waals surface area contributed by atoms with E-state index >= 15 is 0 Å². The second kappa shape index (κ2) is 5.66. The van der Waals surface area contributed by atoms with Crippen LogP contribution >= 0.6 is 39.3 Å². The first-order valence-corrected chi connectivity index (χ1v) is 8.77. The summed E-state index contributed by atoms with van der Waals surface area (Å²) < 4.78 is 0.980. The number of nitrogens with one attached hydrogen (secondary N) is 1. The Labute approximate surface area is 131 Å². The monoisotopic (exact) mass is 358 g/mol. The van der Waals surface area contributed by atoms with Gasteiger partial charge in [-0.3, -0.25) is 4.99 Å². The normalized spacial score (nSPS) is 21.5. The molecule has 1 aromatic rings. The van der Waals surface area contributed by atoms with Gasteiger partial charge in [-0.05, 0) is 47.0 Å². The van der Waals surface area contributed by atoms with Gasteiger partial charge in [0, 0.05) is 15.2 Å². The van der Waals surface area contributed by atoms with E-state index in [1.165, 1.54) is 32.1 Å². The molecule has 1 aliphatic heterocycles. The summed E-state index contributed by atoms with van der Waals surface area (Å²) >= 11 is 11.3. The highest BCUT2D eigenvalue weighted by atomic mass is 79.9. The van der Waals surface area contributed by atoms with Crippen LogP contribution in [0.3, 0.4) is 0 Å². The van der Waals surface area contributed by atoms with Gasteiger partial charge in [0.2, 0.25) is 0 Å². The molecule has 1 aliphatic carbocycles. The van der Waals surface area contributed by atoms with Crippen LogP contribution in [0.25, 0.3) is 0 Å². The number of rotatable bonds is 1. The molecule has 0 saturated heterocycles. The molecule has 1 saturated carbocycles. The summed E-state index contributed by atoms with van der Waals surface area (Å²) in [5.41, 5.74) is 1.24. The maximum Gasteiger partial charge on any atom is 0.161 e. The highest BCUT2D eigenvalue weighted by molar-refractivity contribution is 9.10. The fourth-order valence-electron chi connectivity index (χ4n) is 2.72. The van der Waals surface area contributed by atoms with Crippen molar-refractivity contribution in [2.45, 2.75) is 37.6 Å². The second-order valence-corrected chi connectivity index (χ2v) is 7.49. The van der Waals surface area contributed by atoms with E-state index < -0.39 is 0 Å². The zero-order valence-corrected chi connectivity index (χ0v) is 13.7. The Kier molecular flexibility index (Phi) is 4.11. The summed E-state index contributed by atoms with van der Waals surface area (Å²) in [7, 11) is 0. The van der Waals surface area contributed by atoms with E-state index in [1.807, 2.05) is 30.0 Å². The van der Waals surface area contributed by atoms with E-state index in [9.17, 15) is 0 Å². The van der Waals surface area contributed by atoms with Gasteiger partial charge in [0.25, 0.3) is 0 Å². The summed E-state index contributed by atoms with van der Waals surface area (Å²) in [5, 5.41) is 5.20. The lowest BCUT2D eigenvalue weighted by molar-refractivity contribution is 0.335. The average molecular weight is 360 g/mol. The topological polar surface area (TPSA) is 24.4 Å². The number of halogens is 2. The Bertz CT molecular complexity index is 512. The summed E-state index contributed by atoms with van der Waals surface area (Å²) in [6, 6.07) is 5.78. The molecule has 1 heterocycles. The number of hydrogen-bond acceptors (Lipinski definition) is 3. The van der Waals surface area contributed by atoms with Gasteiger partial charge in [0.1, 0.15) is 0 Å². The van der Waals surface area contributed by atoms with Gasteiger partial charge in [0.15, 0.2) is 5.17 Å². The van der Waals surface area contributed by atoms with Crippen molar-refractivity contribution in [3.05, 3.63) is 27.7 Å². The predicted octanol–water partition coefficient (Wildman–Crippen LogP) is 5.32. The van der Waals surface area contributed by atoms with Gasteiger partial charge >= 0.3 is 0 Å². The molecule has 1 spiro atoms. The molecule has 0 atom stereocenters. The van der Waals surface area contributed by atoms with Crippen molar-refractivity contribution in [3.8, 4) is 0 Å². The summed E-state index contributed by atoms with van der Waals surface area (Å²) in [6.45, 7) is 0. The Balaban J connectivity index is 1.75. The Morgan fingerprint density at radius 2 is 2.05 bits per heavy atom. The standard InChI is InChI=1S/C14H16BrClN2S/c15-11-8-10(16)4-5-12(11)17-13-18-14(9-19-13)6-2-1-3-7-14/h4-5,8H,1-3,6-7,9H2,(H,17,18). The number of aliphatic imine (C=N–C) groups is 1. The third kappa shape index (κ3) is 3.11. The van der Waals surface area contributed by atoms with Gasteiger partial charge in [-0.1, -0.05) is 42.6 Å². The largest absolute Gasteiger partial charge is 0.334 e. The van der Waals surface area contributed by atoms with Crippen LogP contribution in [0.1, 0.15) is 32.1 Å². The van der Waals surface area contributed by atoms with E-state index in [4.69, 9.17) is 16.6 Å². The molecule has 2 nitrogen and oxygen atoms in total. The fourth-order valence-corrected chi connectivity index (χ4v) is 4.70. The molecule has 2 aliphatic rings. The SMILES string of the molecule is Clc1ccc(NC2=NC3(CCCCC3)CS2)c(Br)c1. The average Bonchev–Trinajstić information content (AvgIpc) is 2.77. The molecule has 3 rings (SSSR count). The lowest BCUT2D eigenvalue weighted by Crippen LogP contribution is -2.29. The number of nitrogens with zero attached hydrogens (tertiary/aromatic N) is 1. The highest BCUT2D eigenvalue weighted by Crippen LogP contribution is 2.40. The smallest absolute Gasteiger partial charge is 0.161 e. The van der Waals surface area contributed by atoms with Crippen molar-refractivity contribution in [1.82, 2.24) is 0 Å². The number of amidine groups is 1. The highest BCUT2D eigenvalue weighted by Gasteiger charge is 2.36. The molecule has 0 aromatic heterocycles. The van der Waals surface area contributed by atoms with E-state index in [-0.39, 0.29) is 5.54 Å². The van der Waals surface area contributed by atoms with Crippen molar-refractivity contribution < 1.29 is 0 Å². The zero-order valence-electron chi connectivity index (χ0n) is 10.6. The van der Waals surface area contributed by atoms with Gasteiger partial charge in [-0.25, -0.2) is 0 Å². The van der Waals surface area contributed by atoms with Crippen molar-refractivity contribution >= 4 is 50.1 Å². The van der Waals surface area contributed by atoms with E-state index in [1.54, 1.807) is 0 Å². The molecule has 5 heteroatoms. The quantitative estimate of drug-likeness (QED) is 0.734. The summed E-state index contributed by atoms with van der Waals surface area (Å²) in [5.74, 6) is 1.13. The van der Waals surface area contributed by atoms with Crippen LogP contribution in [-0.4, -0.2) is 16.5 Å². The van der Waals surface area contributed by atoms with Crippen LogP contribution in [0.2, 0.25) is 5.02 Å². The van der Waals surface area contributed by atoms with E-state index in [0.29, 0.717) is 0 Å². The van der Waals surface area contributed by atoms with Crippen molar-refractivity contribution in [1.29, 1.82) is 0 Å². The van der Waals surface area contributed by atoms with Crippen molar-refractivity contribution in [2.75, 3.05) is 11.1 Å². The molecule has 1 aromatic carbocycles. The Hall–Kier alpha value is -0.190. The minimum Gasteiger partial charge on any atom is -0.334 e. The van der Waals surface area contributed by atoms with Crippen LogP contribution in [-0.2, 0) is 0 Å². The van der Waals surface area contributed by atoms with Crippen LogP contribution in [0.15, 0.2) is 27.7 Å². The molecule has 1 fully saturated rings. The van der Waals surface area contributed by atoms with Gasteiger partial charge in [-0.2, -0.15) is 0 Å². The first-order valence-electron chi connectivity index (χ1n) is 6.62. The van der Waals surface area contributed by atoms with Crippen LogP contribution < -0.4 is 5.32 Å². The Morgan fingerprint density at radius 3 is 2.79 bits per heavy atom. The molecule has 102 valence electrons. The van der Waals surface area contributed by atoms with Crippen molar-refractivity contribution in [3.63, 3.8) is 0 Å². The first kappa shape index (κ1) is 13.8. The lowest BCUT2D eigenvalue weighted by Gasteiger charge is -2.29. The maximum atomic E-state index is 5.96. The summed E-state index contributed by atoms with van der Waals surface area (Å²) in [4.78, 5) is 4.95. The number of thioether (sulfide) groups is 1. The molecular formula is C14H16BrClN2S. The molecule has 19 heavy (non-hydrogen) atoms. The fraction of sp³-hybridized carbons (Fsp3) is 0.500. The first-order chi connectivity index (χ1) is 9.17. The molecule has 0 unspecified atom stereocenters. The van der Waals surface area contributed by atoms with Crippen LogP contribution in [0, 0.1) is 0 Å². The Morgan fingerprint density at radius 1 is 1.26 bits per heavy atom. The second-order valence-electron chi connectivity index (χ2n) is 5.24. The molecule has 1 N–H and O–H groups in total. The van der Waals surface area contributed by atoms with Gasteiger partial charge < -0.3 is 5.32 Å². The minimum atomic E-state index is 0.212. The molecule has 0 radical (unpaired) electrons. The van der Waals surface area contributed by atoms with E-state index in [2.05, 4.69) is 21.2 Å². The van der Waals surface area contributed by atoms with Gasteiger partial charge in [-0.15, -0.1) is 0 Å². The lowest BCUT2D eigenvalue weighted by atomic mass is 9.84. The van der Waals surface area contributed by atoms with Gasteiger partial charge in [0.05, 0.1) is 11.2 Å². The third-order valence-electron chi connectivity index (χ3n) is 3.77. The third-order valence-corrected chi connectivity index (χ3v) is 5.81. The zero-order chi connectivity index (χ0) is 13.3. The summed E-state index contributed by atoms with van der Waals surface area (Å²) in [6.07, 6.45) is 6.50. The molecule has 0 bridgehead atoms. The number of anilines is 1. The molecular weight excluding hydrogens is 344 g/mol. The number of benzene rings is 1. The van der Waals surface area contributed by atoms with Crippen LogP contribution in [0.4, 0.5) is 5.69 Å². The maximum absolute atomic E-state index is 5.96. The predicted molar refractivity (Wildman–Crippen MR) is 88.5 cm³/mol. The van der Waals surface area contributed by atoms with E-state index in [0.717, 1.165) is 26.1 Å². The minimum absolute atomic E-state index is 0.212. The molecule has 0 amide bonds. The number of hydrogen-bond donors (Lipinski definition) is 1. The van der Waals surface area contributed by atoms with Crippen LogP contribution in [0.5, 0.6) is 0 Å².